The Kier molecular flexibility index (Phi) is 5.57. The van der Waals surface area contributed by atoms with Gasteiger partial charge in [-0.2, -0.15) is 0 Å². The average Bonchev–Trinajstić information content (AvgIpc) is 3.34. The molecule has 0 bridgehead atoms. The number of carbonyl (C=O) groups is 2. The first-order valence-corrected chi connectivity index (χ1v) is 10.8. The normalized spacial score (nSPS) is 19.4. The molecule has 2 aliphatic rings. The zero-order chi connectivity index (χ0) is 19.7. The molecule has 2 aliphatic heterocycles. The van der Waals surface area contributed by atoms with E-state index in [1.54, 1.807) is 4.90 Å². The summed E-state index contributed by atoms with van der Waals surface area (Å²) in [7, 11) is 0. The van der Waals surface area contributed by atoms with Crippen molar-refractivity contribution in [1.82, 2.24) is 0 Å². The second-order valence-corrected chi connectivity index (χ2v) is 8.81. The Morgan fingerprint density at radius 2 is 1.75 bits per heavy atom. The van der Waals surface area contributed by atoms with Gasteiger partial charge >= 0.3 is 0 Å². The van der Waals surface area contributed by atoms with Crippen molar-refractivity contribution in [2.24, 2.45) is 5.92 Å². The lowest BCUT2D eigenvalue weighted by Crippen LogP contribution is -2.28. The largest absolute Gasteiger partial charge is 0.372 e. The van der Waals surface area contributed by atoms with Crippen molar-refractivity contribution < 1.29 is 9.59 Å². The molecule has 2 fully saturated rings. The van der Waals surface area contributed by atoms with E-state index < -0.39 is 0 Å². The van der Waals surface area contributed by atoms with Gasteiger partial charge in [-0.1, -0.05) is 0 Å². The molecule has 0 aliphatic carbocycles. The van der Waals surface area contributed by atoms with E-state index in [0.29, 0.717) is 6.54 Å². The average molecular weight is 489 g/mol. The Morgan fingerprint density at radius 3 is 2.43 bits per heavy atom. The van der Waals surface area contributed by atoms with Crippen LogP contribution in [0.4, 0.5) is 17.1 Å². The summed E-state index contributed by atoms with van der Waals surface area (Å²) >= 11 is 2.25. The van der Waals surface area contributed by atoms with Crippen LogP contribution in [-0.4, -0.2) is 31.4 Å². The van der Waals surface area contributed by atoms with Crippen LogP contribution in [0.3, 0.4) is 0 Å². The molecule has 6 heteroatoms. The number of rotatable bonds is 4. The molecule has 2 amide bonds. The van der Waals surface area contributed by atoms with Gasteiger partial charge in [-0.05, 0) is 90.4 Å². The van der Waals surface area contributed by atoms with Gasteiger partial charge in [0.05, 0.1) is 5.92 Å². The van der Waals surface area contributed by atoms with E-state index in [9.17, 15) is 9.59 Å². The van der Waals surface area contributed by atoms with Crippen LogP contribution >= 0.6 is 22.6 Å². The third-order valence-electron chi connectivity index (χ3n) is 5.57. The molecular weight excluding hydrogens is 465 g/mol. The fraction of sp³-hybridized carbons (Fsp3) is 0.364. The number of anilines is 3. The predicted molar refractivity (Wildman–Crippen MR) is 121 cm³/mol. The minimum atomic E-state index is -0.329. The summed E-state index contributed by atoms with van der Waals surface area (Å²) in [5, 5.41) is 2.99. The number of aryl methyl sites for hydroxylation is 1. The van der Waals surface area contributed by atoms with Crippen molar-refractivity contribution in [3.63, 3.8) is 0 Å². The van der Waals surface area contributed by atoms with Gasteiger partial charge < -0.3 is 15.1 Å². The number of benzene rings is 2. The van der Waals surface area contributed by atoms with Gasteiger partial charge in [0.25, 0.3) is 0 Å². The van der Waals surface area contributed by atoms with Crippen LogP contribution in [0.1, 0.15) is 24.8 Å². The Hall–Kier alpha value is -2.09. The molecule has 5 nitrogen and oxygen atoms in total. The number of nitrogens with one attached hydrogen (secondary N) is 1. The molecule has 2 saturated heterocycles. The topological polar surface area (TPSA) is 52.7 Å². The van der Waals surface area contributed by atoms with Crippen molar-refractivity contribution in [2.45, 2.75) is 26.2 Å². The number of amides is 2. The highest BCUT2D eigenvalue weighted by atomic mass is 127. The van der Waals surface area contributed by atoms with E-state index in [1.807, 2.05) is 37.3 Å². The van der Waals surface area contributed by atoms with E-state index >= 15 is 0 Å². The van der Waals surface area contributed by atoms with Crippen molar-refractivity contribution in [2.75, 3.05) is 34.8 Å². The summed E-state index contributed by atoms with van der Waals surface area (Å²) in [6.07, 6.45) is 2.73. The van der Waals surface area contributed by atoms with Crippen LogP contribution in [0.2, 0.25) is 0 Å². The van der Waals surface area contributed by atoms with Crippen molar-refractivity contribution in [3.05, 3.63) is 51.6 Å². The highest BCUT2D eigenvalue weighted by Gasteiger charge is 2.35. The van der Waals surface area contributed by atoms with Crippen molar-refractivity contribution >= 4 is 51.5 Å². The fourth-order valence-corrected chi connectivity index (χ4v) is 4.60. The number of hydrogen-bond donors (Lipinski definition) is 1. The molecular formula is C22H24IN3O2. The summed E-state index contributed by atoms with van der Waals surface area (Å²) in [4.78, 5) is 29.3. The maximum Gasteiger partial charge on any atom is 0.229 e. The maximum atomic E-state index is 12.7. The fourth-order valence-electron chi connectivity index (χ4n) is 3.95. The third-order valence-corrected chi connectivity index (χ3v) is 6.25. The molecule has 1 N–H and O–H groups in total. The van der Waals surface area contributed by atoms with Crippen LogP contribution in [0, 0.1) is 16.4 Å². The zero-order valence-electron chi connectivity index (χ0n) is 16.0. The first kappa shape index (κ1) is 19.2. The van der Waals surface area contributed by atoms with Crippen LogP contribution in [0.5, 0.6) is 0 Å². The van der Waals surface area contributed by atoms with Crippen molar-refractivity contribution in [1.29, 1.82) is 0 Å². The number of carbonyl (C=O) groups excluding carboxylic acids is 2. The van der Waals surface area contributed by atoms with Gasteiger partial charge in [0.15, 0.2) is 0 Å². The van der Waals surface area contributed by atoms with Crippen LogP contribution in [0.25, 0.3) is 0 Å². The minimum Gasteiger partial charge on any atom is -0.372 e. The summed E-state index contributed by atoms with van der Waals surface area (Å²) < 4.78 is 1.13. The van der Waals surface area contributed by atoms with Crippen LogP contribution in [-0.2, 0) is 9.59 Å². The molecule has 2 aromatic carbocycles. The lowest BCUT2D eigenvalue weighted by atomic mass is 10.1. The van der Waals surface area contributed by atoms with E-state index in [4.69, 9.17) is 0 Å². The lowest BCUT2D eigenvalue weighted by molar-refractivity contribution is -0.122. The quantitative estimate of drug-likeness (QED) is 0.656. The zero-order valence-corrected chi connectivity index (χ0v) is 18.1. The molecule has 0 saturated carbocycles. The lowest BCUT2D eigenvalue weighted by Gasteiger charge is -2.21. The Labute approximate surface area is 179 Å². The summed E-state index contributed by atoms with van der Waals surface area (Å²) in [6, 6.07) is 14.1. The number of hydrogen-bond acceptors (Lipinski definition) is 3. The standard InChI is InChI=1S/C22H24IN3O2/c1-15-12-17(23)4-9-20(15)24-22(28)16-13-21(27)26(14-16)19-7-5-18(6-8-19)25-10-2-3-11-25/h4-9,12,16H,2-3,10-11,13-14H2,1H3,(H,24,28). The molecule has 2 heterocycles. The molecule has 146 valence electrons. The highest BCUT2D eigenvalue weighted by molar-refractivity contribution is 14.1. The second kappa shape index (κ2) is 8.11. The Balaban J connectivity index is 1.42. The summed E-state index contributed by atoms with van der Waals surface area (Å²) in [5.41, 5.74) is 3.91. The number of nitrogens with zero attached hydrogens (tertiary/aromatic N) is 2. The third kappa shape index (κ3) is 4.01. The summed E-state index contributed by atoms with van der Waals surface area (Å²) in [6.45, 7) is 4.60. The van der Waals surface area contributed by atoms with Gasteiger partial charge in [0.1, 0.15) is 0 Å². The Bertz CT molecular complexity index is 891. The SMILES string of the molecule is Cc1cc(I)ccc1NC(=O)C1CC(=O)N(c2ccc(N3CCCC3)cc2)C1. The van der Waals surface area contributed by atoms with Gasteiger partial charge in [-0.15, -0.1) is 0 Å². The molecule has 1 atom stereocenters. The van der Waals surface area contributed by atoms with E-state index in [2.05, 4.69) is 44.9 Å². The summed E-state index contributed by atoms with van der Waals surface area (Å²) in [5.74, 6) is -0.410. The van der Waals surface area contributed by atoms with E-state index in [1.165, 1.54) is 18.5 Å². The maximum absolute atomic E-state index is 12.7. The molecule has 28 heavy (non-hydrogen) atoms. The van der Waals surface area contributed by atoms with Crippen LogP contribution < -0.4 is 15.1 Å². The highest BCUT2D eigenvalue weighted by Crippen LogP contribution is 2.29. The molecule has 0 spiro atoms. The molecule has 2 aromatic rings. The molecule has 4 rings (SSSR count). The monoisotopic (exact) mass is 489 g/mol. The molecule has 0 radical (unpaired) electrons. The van der Waals surface area contributed by atoms with E-state index in [-0.39, 0.29) is 24.2 Å². The first-order chi connectivity index (χ1) is 13.5. The number of halogens is 1. The van der Waals surface area contributed by atoms with Crippen LogP contribution in [0.15, 0.2) is 42.5 Å². The van der Waals surface area contributed by atoms with Gasteiger partial charge in [0, 0.05) is 46.7 Å². The second-order valence-electron chi connectivity index (χ2n) is 7.56. The van der Waals surface area contributed by atoms with Gasteiger partial charge in [0.2, 0.25) is 11.8 Å². The van der Waals surface area contributed by atoms with E-state index in [0.717, 1.165) is 33.6 Å². The Morgan fingerprint density at radius 1 is 1.07 bits per heavy atom. The minimum absolute atomic E-state index is 0.00778. The smallest absolute Gasteiger partial charge is 0.229 e. The van der Waals surface area contributed by atoms with Crippen molar-refractivity contribution in [3.8, 4) is 0 Å². The predicted octanol–water partition coefficient (Wildman–Crippen LogP) is 4.19. The van der Waals surface area contributed by atoms with Gasteiger partial charge in [-0.3, -0.25) is 9.59 Å². The van der Waals surface area contributed by atoms with Gasteiger partial charge in [-0.25, -0.2) is 0 Å². The molecule has 1 unspecified atom stereocenters. The first-order valence-electron chi connectivity index (χ1n) is 9.73. The molecule has 0 aromatic heterocycles.